The van der Waals surface area contributed by atoms with Crippen LogP contribution in [-0.4, -0.2) is 51.7 Å². The molecule has 1 fully saturated rings. The van der Waals surface area contributed by atoms with Gasteiger partial charge in [-0.1, -0.05) is 0 Å². The van der Waals surface area contributed by atoms with Gasteiger partial charge >= 0.3 is 0 Å². The zero-order chi connectivity index (χ0) is 18.7. The molecule has 3 rings (SSSR count). The molecule has 2 aromatic heterocycles. The Morgan fingerprint density at radius 1 is 1.27 bits per heavy atom. The van der Waals surface area contributed by atoms with Crippen LogP contribution in [0, 0.1) is 19.8 Å². The molecule has 1 aliphatic heterocycles. The van der Waals surface area contributed by atoms with Gasteiger partial charge in [0.25, 0.3) is 0 Å². The summed E-state index contributed by atoms with van der Waals surface area (Å²) in [7, 11) is -3.12. The Kier molecular flexibility index (Phi) is 5.57. The number of aryl methyl sites for hydroxylation is 2. The van der Waals surface area contributed by atoms with Gasteiger partial charge in [0.1, 0.15) is 11.6 Å². The number of rotatable bonds is 6. The van der Waals surface area contributed by atoms with Crippen molar-refractivity contribution in [1.29, 1.82) is 0 Å². The highest BCUT2D eigenvalue weighted by molar-refractivity contribution is 7.89. The summed E-state index contributed by atoms with van der Waals surface area (Å²) in [6, 6.07) is 3.83. The molecule has 0 saturated carbocycles. The van der Waals surface area contributed by atoms with Crippen LogP contribution in [0.2, 0.25) is 0 Å². The van der Waals surface area contributed by atoms with E-state index in [1.165, 1.54) is 0 Å². The van der Waals surface area contributed by atoms with Crippen molar-refractivity contribution in [2.75, 3.05) is 24.2 Å². The first-order valence-electron chi connectivity index (χ1n) is 8.97. The monoisotopic (exact) mass is 378 g/mol. The molecule has 0 aliphatic carbocycles. The van der Waals surface area contributed by atoms with E-state index in [0.717, 1.165) is 30.7 Å². The smallest absolute Gasteiger partial charge is 0.213 e. The molecule has 9 heteroatoms. The number of hydrogen-bond donors (Lipinski definition) is 2. The van der Waals surface area contributed by atoms with Crippen molar-refractivity contribution >= 4 is 21.7 Å². The molecule has 1 atom stereocenters. The van der Waals surface area contributed by atoms with Crippen LogP contribution in [0.15, 0.2) is 12.1 Å². The molecular weight excluding hydrogens is 352 g/mol. The van der Waals surface area contributed by atoms with Crippen molar-refractivity contribution in [2.45, 2.75) is 40.0 Å². The average molecular weight is 379 g/mol. The fourth-order valence-corrected chi connectivity index (χ4v) is 4.55. The number of anilines is 2. The Morgan fingerprint density at radius 2 is 2.08 bits per heavy atom. The van der Waals surface area contributed by atoms with Crippen LogP contribution >= 0.6 is 0 Å². The van der Waals surface area contributed by atoms with E-state index in [0.29, 0.717) is 30.5 Å². The quantitative estimate of drug-likeness (QED) is 0.798. The standard InChI is InChI=1S/C17H26N6O2S/c1-4-26(24,25)23-7-5-6-14(11-23)9-15-10-16(19-13(3)18-15)20-17-8-12(2)21-22-17/h8,10,14H,4-7,9,11H2,1-3H3,(H2,18,19,20,21,22)/t14-/m0/s1. The number of hydrogen-bond acceptors (Lipinski definition) is 6. The van der Waals surface area contributed by atoms with E-state index in [9.17, 15) is 8.42 Å². The van der Waals surface area contributed by atoms with E-state index >= 15 is 0 Å². The highest BCUT2D eigenvalue weighted by atomic mass is 32.2. The van der Waals surface area contributed by atoms with Crippen molar-refractivity contribution in [3.05, 3.63) is 29.3 Å². The lowest BCUT2D eigenvalue weighted by Crippen LogP contribution is -2.41. The number of piperidine rings is 1. The minimum atomic E-state index is -3.12. The van der Waals surface area contributed by atoms with Gasteiger partial charge in [-0.3, -0.25) is 5.10 Å². The number of aromatic amines is 1. The van der Waals surface area contributed by atoms with Crippen LogP contribution in [0.1, 0.15) is 37.0 Å². The molecule has 0 unspecified atom stereocenters. The van der Waals surface area contributed by atoms with E-state index in [1.807, 2.05) is 26.0 Å². The number of nitrogens with one attached hydrogen (secondary N) is 2. The van der Waals surface area contributed by atoms with Gasteiger partial charge in [0, 0.05) is 36.6 Å². The Labute approximate surface area is 154 Å². The van der Waals surface area contributed by atoms with Crippen molar-refractivity contribution in [2.24, 2.45) is 5.92 Å². The third-order valence-electron chi connectivity index (χ3n) is 4.59. The van der Waals surface area contributed by atoms with E-state index in [2.05, 4.69) is 25.5 Å². The number of H-pyrrole nitrogens is 1. The van der Waals surface area contributed by atoms with E-state index < -0.39 is 10.0 Å². The largest absolute Gasteiger partial charge is 0.323 e. The zero-order valence-electron chi connectivity index (χ0n) is 15.5. The van der Waals surface area contributed by atoms with Crippen molar-refractivity contribution in [1.82, 2.24) is 24.5 Å². The van der Waals surface area contributed by atoms with Gasteiger partial charge < -0.3 is 5.32 Å². The summed E-state index contributed by atoms with van der Waals surface area (Å²) in [5.74, 6) is 2.53. The predicted molar refractivity (Wildman–Crippen MR) is 101 cm³/mol. The number of aromatic nitrogens is 4. The van der Waals surface area contributed by atoms with Gasteiger partial charge in [-0.2, -0.15) is 5.10 Å². The highest BCUT2D eigenvalue weighted by Gasteiger charge is 2.28. The lowest BCUT2D eigenvalue weighted by atomic mass is 9.94. The maximum Gasteiger partial charge on any atom is 0.213 e. The molecule has 2 N–H and O–H groups in total. The fraction of sp³-hybridized carbons (Fsp3) is 0.588. The first kappa shape index (κ1) is 18.8. The molecule has 2 aromatic rings. The van der Waals surface area contributed by atoms with Crippen LogP contribution < -0.4 is 5.32 Å². The van der Waals surface area contributed by atoms with Gasteiger partial charge in [-0.15, -0.1) is 0 Å². The van der Waals surface area contributed by atoms with Gasteiger partial charge in [0.05, 0.1) is 5.75 Å². The van der Waals surface area contributed by atoms with Crippen molar-refractivity contribution in [3.8, 4) is 0 Å². The Balaban J connectivity index is 1.71. The summed E-state index contributed by atoms with van der Waals surface area (Å²) in [4.78, 5) is 8.95. The Hall–Kier alpha value is -2.00. The van der Waals surface area contributed by atoms with Crippen LogP contribution in [0.5, 0.6) is 0 Å². The minimum absolute atomic E-state index is 0.156. The molecular formula is C17H26N6O2S. The summed E-state index contributed by atoms with van der Waals surface area (Å²) in [5, 5.41) is 10.2. The molecule has 0 radical (unpaired) electrons. The maximum absolute atomic E-state index is 12.1. The summed E-state index contributed by atoms with van der Waals surface area (Å²) in [5.41, 5.74) is 1.89. The van der Waals surface area contributed by atoms with E-state index in [4.69, 9.17) is 0 Å². The second kappa shape index (κ2) is 7.71. The second-order valence-electron chi connectivity index (χ2n) is 6.82. The molecule has 1 saturated heterocycles. The summed E-state index contributed by atoms with van der Waals surface area (Å²) in [6.45, 7) is 6.69. The average Bonchev–Trinajstić information content (AvgIpc) is 2.99. The first-order valence-corrected chi connectivity index (χ1v) is 10.6. The highest BCUT2D eigenvalue weighted by Crippen LogP contribution is 2.23. The maximum atomic E-state index is 12.1. The fourth-order valence-electron chi connectivity index (χ4n) is 3.34. The van der Waals surface area contributed by atoms with Gasteiger partial charge in [-0.05, 0) is 46.0 Å². The second-order valence-corrected chi connectivity index (χ2v) is 9.08. The van der Waals surface area contributed by atoms with Crippen LogP contribution in [0.4, 0.5) is 11.6 Å². The third kappa shape index (κ3) is 4.59. The zero-order valence-corrected chi connectivity index (χ0v) is 16.3. The summed E-state index contributed by atoms with van der Waals surface area (Å²) < 4.78 is 25.9. The van der Waals surface area contributed by atoms with Crippen molar-refractivity contribution in [3.63, 3.8) is 0 Å². The summed E-state index contributed by atoms with van der Waals surface area (Å²) in [6.07, 6.45) is 2.65. The van der Waals surface area contributed by atoms with Crippen molar-refractivity contribution < 1.29 is 8.42 Å². The van der Waals surface area contributed by atoms with Crippen LogP contribution in [-0.2, 0) is 16.4 Å². The topological polar surface area (TPSA) is 104 Å². The molecule has 0 amide bonds. The number of nitrogens with zero attached hydrogens (tertiary/aromatic N) is 4. The molecule has 3 heterocycles. The molecule has 0 aromatic carbocycles. The van der Waals surface area contributed by atoms with Gasteiger partial charge in [0.2, 0.25) is 10.0 Å². The van der Waals surface area contributed by atoms with E-state index in [1.54, 1.807) is 11.2 Å². The molecule has 1 aliphatic rings. The third-order valence-corrected chi connectivity index (χ3v) is 6.44. The van der Waals surface area contributed by atoms with Gasteiger partial charge in [-0.25, -0.2) is 22.7 Å². The van der Waals surface area contributed by atoms with E-state index in [-0.39, 0.29) is 11.7 Å². The minimum Gasteiger partial charge on any atom is -0.323 e. The molecule has 0 bridgehead atoms. The summed E-state index contributed by atoms with van der Waals surface area (Å²) >= 11 is 0. The lowest BCUT2D eigenvalue weighted by Gasteiger charge is -2.31. The molecule has 26 heavy (non-hydrogen) atoms. The SMILES string of the molecule is CCS(=O)(=O)N1CCC[C@@H](Cc2cc(Nc3cc(C)[nH]n3)nc(C)n2)C1. The molecule has 0 spiro atoms. The normalized spacial score (nSPS) is 18.8. The van der Waals surface area contributed by atoms with Crippen LogP contribution in [0.3, 0.4) is 0 Å². The molecule has 8 nitrogen and oxygen atoms in total. The number of sulfonamides is 1. The van der Waals surface area contributed by atoms with Gasteiger partial charge in [0.15, 0.2) is 5.82 Å². The lowest BCUT2D eigenvalue weighted by molar-refractivity contribution is 0.264. The van der Waals surface area contributed by atoms with Crippen LogP contribution in [0.25, 0.3) is 0 Å². The first-order chi connectivity index (χ1) is 12.4. The predicted octanol–water partition coefficient (Wildman–Crippen LogP) is 2.16. The molecule has 142 valence electrons. The Bertz CT molecular complexity index is 864. The Morgan fingerprint density at radius 3 is 2.77 bits per heavy atom.